The van der Waals surface area contributed by atoms with Crippen LogP contribution in [0.15, 0.2) is 30.3 Å². The third-order valence-corrected chi connectivity index (χ3v) is 4.41. The predicted molar refractivity (Wildman–Crippen MR) is 82.2 cm³/mol. The van der Waals surface area contributed by atoms with Crippen molar-refractivity contribution in [1.29, 1.82) is 0 Å². The zero-order chi connectivity index (χ0) is 14.4. The first-order valence-electron chi connectivity index (χ1n) is 7.80. The summed E-state index contributed by atoms with van der Waals surface area (Å²) in [6.45, 7) is 2.21. The van der Waals surface area contributed by atoms with E-state index in [1.54, 1.807) is 0 Å². The summed E-state index contributed by atoms with van der Waals surface area (Å²) in [5.41, 5.74) is 7.13. The van der Waals surface area contributed by atoms with Crippen molar-refractivity contribution in [2.24, 2.45) is 11.7 Å². The number of benzene rings is 1. The normalized spacial score (nSPS) is 24.1. The molecule has 1 aromatic carbocycles. The van der Waals surface area contributed by atoms with E-state index in [4.69, 9.17) is 5.73 Å². The molecule has 110 valence electrons. The van der Waals surface area contributed by atoms with E-state index < -0.39 is 0 Å². The van der Waals surface area contributed by atoms with Gasteiger partial charge in [0.25, 0.3) is 0 Å². The molecule has 0 saturated heterocycles. The van der Waals surface area contributed by atoms with Gasteiger partial charge in [-0.05, 0) is 24.3 Å². The lowest BCUT2D eigenvalue weighted by molar-refractivity contribution is -0.122. The van der Waals surface area contributed by atoms with Crippen LogP contribution < -0.4 is 11.1 Å². The first-order valence-corrected chi connectivity index (χ1v) is 7.80. The molecule has 3 N–H and O–H groups in total. The second-order valence-corrected chi connectivity index (χ2v) is 5.85. The van der Waals surface area contributed by atoms with Crippen molar-refractivity contribution in [1.82, 2.24) is 5.32 Å². The van der Waals surface area contributed by atoms with E-state index in [1.807, 2.05) is 30.3 Å². The number of nitrogens with one attached hydrogen (secondary N) is 1. The zero-order valence-corrected chi connectivity index (χ0v) is 12.3. The lowest BCUT2D eigenvalue weighted by Crippen LogP contribution is -2.42. The van der Waals surface area contributed by atoms with Crippen LogP contribution >= 0.6 is 0 Å². The molecule has 1 saturated carbocycles. The fourth-order valence-electron chi connectivity index (χ4n) is 3.17. The van der Waals surface area contributed by atoms with Crippen LogP contribution in [0.2, 0.25) is 0 Å². The van der Waals surface area contributed by atoms with Crippen molar-refractivity contribution in [3.8, 4) is 0 Å². The van der Waals surface area contributed by atoms with Crippen LogP contribution in [0.1, 0.15) is 57.1 Å². The predicted octanol–water partition coefficient (Wildman–Crippen LogP) is 3.16. The Kier molecular flexibility index (Phi) is 5.60. The first-order chi connectivity index (χ1) is 9.70. The number of carbonyl (C=O) groups is 1. The fraction of sp³-hybridized carbons (Fsp3) is 0.588. The van der Waals surface area contributed by atoms with Gasteiger partial charge in [0, 0.05) is 18.5 Å². The number of carbonyl (C=O) groups excluding carboxylic acids is 1. The minimum atomic E-state index is -0.208. The molecule has 20 heavy (non-hydrogen) atoms. The number of nitrogens with two attached hydrogens (primary N) is 1. The Morgan fingerprint density at radius 3 is 2.70 bits per heavy atom. The number of amides is 1. The Bertz CT molecular complexity index is 418. The second kappa shape index (κ2) is 7.44. The van der Waals surface area contributed by atoms with Crippen LogP contribution in [0.4, 0.5) is 0 Å². The highest BCUT2D eigenvalue weighted by atomic mass is 16.1. The maximum absolute atomic E-state index is 12.2. The van der Waals surface area contributed by atoms with Crippen LogP contribution in [0.25, 0.3) is 0 Å². The van der Waals surface area contributed by atoms with Crippen LogP contribution in [0.5, 0.6) is 0 Å². The van der Waals surface area contributed by atoms with Crippen molar-refractivity contribution in [2.45, 2.75) is 57.5 Å². The van der Waals surface area contributed by atoms with Gasteiger partial charge >= 0.3 is 0 Å². The molecule has 0 bridgehead atoms. The van der Waals surface area contributed by atoms with Crippen LogP contribution in [0, 0.1) is 5.92 Å². The molecule has 3 nitrogen and oxygen atoms in total. The van der Waals surface area contributed by atoms with Gasteiger partial charge in [0.1, 0.15) is 0 Å². The molecule has 2 rings (SSSR count). The van der Waals surface area contributed by atoms with E-state index in [0.717, 1.165) is 18.4 Å². The van der Waals surface area contributed by atoms with Crippen molar-refractivity contribution in [3.63, 3.8) is 0 Å². The van der Waals surface area contributed by atoms with Gasteiger partial charge in [0.15, 0.2) is 0 Å². The molecule has 1 amide bonds. The average molecular weight is 274 g/mol. The van der Waals surface area contributed by atoms with E-state index >= 15 is 0 Å². The highest BCUT2D eigenvalue weighted by Crippen LogP contribution is 2.27. The van der Waals surface area contributed by atoms with Crippen LogP contribution in [-0.2, 0) is 4.79 Å². The summed E-state index contributed by atoms with van der Waals surface area (Å²) in [6, 6.07) is 9.98. The van der Waals surface area contributed by atoms with Crippen molar-refractivity contribution < 1.29 is 4.79 Å². The van der Waals surface area contributed by atoms with E-state index in [9.17, 15) is 4.79 Å². The molecule has 0 spiro atoms. The van der Waals surface area contributed by atoms with Gasteiger partial charge in [-0.15, -0.1) is 0 Å². The molecule has 0 aromatic heterocycles. The molecular weight excluding hydrogens is 248 g/mol. The standard InChI is InChI=1S/C17H26N2O/c1-2-13-8-6-7-11-16(13)19-17(20)12-15(18)14-9-4-3-5-10-14/h3-5,9-10,13,15-16H,2,6-8,11-12,18H2,1H3,(H,19,20). The van der Waals surface area contributed by atoms with Gasteiger partial charge in [-0.1, -0.05) is 56.5 Å². The topological polar surface area (TPSA) is 55.1 Å². The summed E-state index contributed by atoms with van der Waals surface area (Å²) >= 11 is 0. The van der Waals surface area contributed by atoms with Gasteiger partial charge < -0.3 is 11.1 Å². The van der Waals surface area contributed by atoms with E-state index in [-0.39, 0.29) is 11.9 Å². The molecule has 1 aromatic rings. The van der Waals surface area contributed by atoms with Crippen molar-refractivity contribution in [2.75, 3.05) is 0 Å². The Morgan fingerprint density at radius 2 is 2.00 bits per heavy atom. The Labute approximate surface area is 121 Å². The average Bonchev–Trinajstić information content (AvgIpc) is 2.48. The summed E-state index contributed by atoms with van der Waals surface area (Å²) in [5, 5.41) is 3.20. The summed E-state index contributed by atoms with van der Waals surface area (Å²) in [7, 11) is 0. The summed E-state index contributed by atoms with van der Waals surface area (Å²) in [6.07, 6.45) is 6.41. The minimum absolute atomic E-state index is 0.0895. The van der Waals surface area contributed by atoms with E-state index in [1.165, 1.54) is 19.3 Å². The molecule has 3 heteroatoms. The van der Waals surface area contributed by atoms with Crippen molar-refractivity contribution >= 4 is 5.91 Å². The second-order valence-electron chi connectivity index (χ2n) is 5.85. The first kappa shape index (κ1) is 15.0. The van der Waals surface area contributed by atoms with Gasteiger partial charge in [-0.25, -0.2) is 0 Å². The van der Waals surface area contributed by atoms with Gasteiger partial charge in [0.2, 0.25) is 5.91 Å². The highest BCUT2D eigenvalue weighted by molar-refractivity contribution is 5.77. The molecule has 1 aliphatic carbocycles. The maximum atomic E-state index is 12.2. The summed E-state index contributed by atoms with van der Waals surface area (Å²) in [5.74, 6) is 0.729. The lowest BCUT2D eigenvalue weighted by atomic mass is 9.83. The van der Waals surface area contributed by atoms with Crippen LogP contribution in [-0.4, -0.2) is 11.9 Å². The smallest absolute Gasteiger partial charge is 0.222 e. The van der Waals surface area contributed by atoms with Gasteiger partial charge in [-0.2, -0.15) is 0 Å². The molecule has 0 aliphatic heterocycles. The number of rotatable bonds is 5. The zero-order valence-electron chi connectivity index (χ0n) is 12.3. The third kappa shape index (κ3) is 4.07. The molecule has 3 atom stereocenters. The minimum Gasteiger partial charge on any atom is -0.353 e. The van der Waals surface area contributed by atoms with Crippen LogP contribution in [0.3, 0.4) is 0 Å². The van der Waals surface area contributed by atoms with Gasteiger partial charge in [0.05, 0.1) is 0 Å². The highest BCUT2D eigenvalue weighted by Gasteiger charge is 2.25. The molecule has 0 radical (unpaired) electrons. The summed E-state index contributed by atoms with van der Waals surface area (Å²) < 4.78 is 0. The quantitative estimate of drug-likeness (QED) is 0.866. The third-order valence-electron chi connectivity index (χ3n) is 4.41. The molecular formula is C17H26N2O. The molecule has 0 heterocycles. The fourth-order valence-corrected chi connectivity index (χ4v) is 3.17. The SMILES string of the molecule is CCC1CCCCC1NC(=O)CC(N)c1ccccc1. The molecule has 1 aliphatic rings. The van der Waals surface area contributed by atoms with E-state index in [0.29, 0.717) is 18.4 Å². The largest absolute Gasteiger partial charge is 0.353 e. The van der Waals surface area contributed by atoms with Gasteiger partial charge in [-0.3, -0.25) is 4.79 Å². The number of hydrogen-bond acceptors (Lipinski definition) is 2. The lowest BCUT2D eigenvalue weighted by Gasteiger charge is -2.31. The van der Waals surface area contributed by atoms with E-state index in [2.05, 4.69) is 12.2 Å². The Balaban J connectivity index is 1.85. The molecule has 3 unspecified atom stereocenters. The van der Waals surface area contributed by atoms with Crippen molar-refractivity contribution in [3.05, 3.63) is 35.9 Å². The Morgan fingerprint density at radius 1 is 1.30 bits per heavy atom. The summed E-state index contributed by atoms with van der Waals surface area (Å²) in [4.78, 5) is 12.2. The molecule has 1 fully saturated rings. The monoisotopic (exact) mass is 274 g/mol. The maximum Gasteiger partial charge on any atom is 0.222 e. The Hall–Kier alpha value is -1.35. The number of hydrogen-bond donors (Lipinski definition) is 2.